The lowest BCUT2D eigenvalue weighted by molar-refractivity contribution is -0.0507. The molecule has 1 aromatic carbocycles. The number of benzene rings is 1. The lowest BCUT2D eigenvalue weighted by Crippen LogP contribution is -2.49. The number of hydrogen-bond acceptors (Lipinski definition) is 7. The molecule has 1 fully saturated rings. The first-order valence-electron chi connectivity index (χ1n) is 9.37. The summed E-state index contributed by atoms with van der Waals surface area (Å²) in [6, 6.07) is 6.70. The summed E-state index contributed by atoms with van der Waals surface area (Å²) in [5, 5.41) is 0. The molecule has 6 nitrogen and oxygen atoms in total. The molecule has 3 heterocycles. The second-order valence-electron chi connectivity index (χ2n) is 7.25. The van der Waals surface area contributed by atoms with Crippen LogP contribution >= 0.6 is 11.8 Å². The van der Waals surface area contributed by atoms with Crippen molar-refractivity contribution < 1.29 is 4.74 Å². The van der Waals surface area contributed by atoms with Crippen molar-refractivity contribution >= 4 is 29.1 Å². The van der Waals surface area contributed by atoms with E-state index in [2.05, 4.69) is 40.0 Å². The quantitative estimate of drug-likeness (QED) is 0.593. The normalized spacial score (nSPS) is 18.3. The third kappa shape index (κ3) is 3.25. The largest absolute Gasteiger partial charge is 0.404 e. The Morgan fingerprint density at radius 3 is 2.68 bits per heavy atom. The molecule has 1 spiro atoms. The number of anilines is 2. The summed E-state index contributed by atoms with van der Waals surface area (Å²) in [5.74, 6) is 1.73. The minimum atomic E-state index is 0.0503. The number of ether oxygens (including phenoxy) is 1. The Morgan fingerprint density at radius 2 is 2.07 bits per heavy atom. The Morgan fingerprint density at radius 1 is 1.32 bits per heavy atom. The van der Waals surface area contributed by atoms with E-state index in [9.17, 15) is 0 Å². The molecular weight excluding hydrogens is 370 g/mol. The summed E-state index contributed by atoms with van der Waals surface area (Å²) in [7, 11) is 0. The van der Waals surface area contributed by atoms with E-state index < -0.39 is 0 Å². The van der Waals surface area contributed by atoms with Gasteiger partial charge in [0.25, 0.3) is 0 Å². The van der Waals surface area contributed by atoms with Crippen LogP contribution < -0.4 is 16.4 Å². The zero-order chi connectivity index (χ0) is 19.7. The van der Waals surface area contributed by atoms with Gasteiger partial charge < -0.3 is 21.1 Å². The molecule has 2 aliphatic rings. The maximum absolute atomic E-state index is 6.13. The fourth-order valence-electron chi connectivity index (χ4n) is 3.67. The van der Waals surface area contributed by atoms with Gasteiger partial charge in [-0.3, -0.25) is 0 Å². The van der Waals surface area contributed by atoms with E-state index in [1.54, 1.807) is 12.4 Å². The van der Waals surface area contributed by atoms with E-state index in [1.165, 1.54) is 22.3 Å². The highest BCUT2D eigenvalue weighted by atomic mass is 32.2. The van der Waals surface area contributed by atoms with Crippen molar-refractivity contribution in [2.45, 2.75) is 24.2 Å². The van der Waals surface area contributed by atoms with E-state index in [-0.39, 0.29) is 5.41 Å². The predicted octanol–water partition coefficient (Wildman–Crippen LogP) is 3.17. The van der Waals surface area contributed by atoms with Gasteiger partial charge in [-0.1, -0.05) is 13.0 Å². The molecule has 28 heavy (non-hydrogen) atoms. The van der Waals surface area contributed by atoms with Crippen molar-refractivity contribution in [1.29, 1.82) is 0 Å². The van der Waals surface area contributed by atoms with E-state index in [0.29, 0.717) is 11.6 Å². The highest BCUT2D eigenvalue weighted by Gasteiger charge is 2.49. The summed E-state index contributed by atoms with van der Waals surface area (Å²) in [6.45, 7) is 6.39. The molecule has 0 atom stereocenters. The molecule has 7 heteroatoms. The topological polar surface area (TPSA) is 90.3 Å². The van der Waals surface area contributed by atoms with Crippen molar-refractivity contribution in [3.05, 3.63) is 59.6 Å². The number of hydrogen-bond donors (Lipinski definition) is 2. The molecule has 0 radical (unpaired) electrons. The van der Waals surface area contributed by atoms with E-state index in [0.717, 1.165) is 36.6 Å². The number of aromatic nitrogens is 2. The van der Waals surface area contributed by atoms with Gasteiger partial charge in [0, 0.05) is 40.8 Å². The first kappa shape index (κ1) is 18.8. The molecule has 0 saturated carbocycles. The third-order valence-corrected chi connectivity index (χ3v) is 6.09. The van der Waals surface area contributed by atoms with Gasteiger partial charge in [-0.25, -0.2) is 9.97 Å². The standard InChI is InChI=1S/C21H25N5OS/c1-3-28-16-4-5-17-19(7-16)26(11-21(17)12-27-13-21)20-24-9-15(10-25-20)18(23)6-14(2)8-22/h4-10H,3,11-13,22-23H2,1-2H3/b14-8-,18-6-. The summed E-state index contributed by atoms with van der Waals surface area (Å²) >= 11 is 1.84. The molecule has 0 amide bonds. The number of nitrogens with zero attached hydrogens (tertiary/aromatic N) is 3. The van der Waals surface area contributed by atoms with Crippen LogP contribution in [0.3, 0.4) is 0 Å². The minimum Gasteiger partial charge on any atom is -0.404 e. The molecule has 2 aromatic rings. The van der Waals surface area contributed by atoms with Gasteiger partial charge in [0.15, 0.2) is 0 Å². The monoisotopic (exact) mass is 395 g/mol. The maximum atomic E-state index is 6.13. The van der Waals surface area contributed by atoms with Crippen LogP contribution in [0.2, 0.25) is 0 Å². The van der Waals surface area contributed by atoms with Crippen LogP contribution in [0, 0.1) is 0 Å². The molecular formula is C21H25N5OS. The Balaban J connectivity index is 1.67. The van der Waals surface area contributed by atoms with Gasteiger partial charge in [0.2, 0.25) is 5.95 Å². The van der Waals surface area contributed by atoms with Crippen molar-refractivity contribution in [2.24, 2.45) is 11.5 Å². The average molecular weight is 396 g/mol. The fourth-order valence-corrected chi connectivity index (χ4v) is 4.37. The predicted molar refractivity (Wildman–Crippen MR) is 114 cm³/mol. The Labute approximate surface area is 169 Å². The molecule has 0 aliphatic carbocycles. The van der Waals surface area contributed by atoms with Crippen LogP contribution in [0.5, 0.6) is 0 Å². The number of thioether (sulfide) groups is 1. The van der Waals surface area contributed by atoms with Crippen LogP contribution in [0.25, 0.3) is 5.70 Å². The molecule has 0 unspecified atom stereocenters. The van der Waals surface area contributed by atoms with Crippen molar-refractivity contribution in [2.75, 3.05) is 30.4 Å². The summed E-state index contributed by atoms with van der Waals surface area (Å²) in [6.07, 6.45) is 6.88. The van der Waals surface area contributed by atoms with Crippen LogP contribution in [0.1, 0.15) is 25.0 Å². The molecule has 4 rings (SSSR count). The molecule has 1 saturated heterocycles. The van der Waals surface area contributed by atoms with Crippen LogP contribution in [-0.4, -0.2) is 35.5 Å². The number of nitrogens with two attached hydrogens (primary N) is 2. The zero-order valence-electron chi connectivity index (χ0n) is 16.2. The summed E-state index contributed by atoms with van der Waals surface area (Å²) < 4.78 is 5.56. The van der Waals surface area contributed by atoms with E-state index >= 15 is 0 Å². The Kier molecular flexibility index (Phi) is 5.03. The van der Waals surface area contributed by atoms with Gasteiger partial charge in [-0.15, -0.1) is 11.8 Å². The van der Waals surface area contributed by atoms with Crippen molar-refractivity contribution in [3.63, 3.8) is 0 Å². The maximum Gasteiger partial charge on any atom is 0.229 e. The van der Waals surface area contributed by atoms with E-state index in [4.69, 9.17) is 16.2 Å². The second-order valence-corrected chi connectivity index (χ2v) is 8.59. The summed E-state index contributed by atoms with van der Waals surface area (Å²) in [5.41, 5.74) is 16.5. The SMILES string of the molecule is CCSc1ccc2c(c1)N(c1ncc(/C(N)=C/C(C)=C\N)cn1)CC21COC1. The first-order valence-corrected chi connectivity index (χ1v) is 10.4. The molecule has 146 valence electrons. The average Bonchev–Trinajstić information content (AvgIpc) is 3.03. The minimum absolute atomic E-state index is 0.0503. The smallest absolute Gasteiger partial charge is 0.229 e. The molecule has 0 bridgehead atoms. The number of fused-ring (bicyclic) bond motifs is 2. The van der Waals surface area contributed by atoms with Gasteiger partial charge >= 0.3 is 0 Å². The van der Waals surface area contributed by atoms with Crippen LogP contribution in [0.15, 0.2) is 53.3 Å². The highest BCUT2D eigenvalue weighted by molar-refractivity contribution is 7.99. The Bertz CT molecular complexity index is 934. The summed E-state index contributed by atoms with van der Waals surface area (Å²) in [4.78, 5) is 12.7. The van der Waals surface area contributed by atoms with Crippen molar-refractivity contribution in [3.8, 4) is 0 Å². The zero-order valence-corrected chi connectivity index (χ0v) is 17.0. The van der Waals surface area contributed by atoms with Gasteiger partial charge in [0.05, 0.1) is 18.6 Å². The van der Waals surface area contributed by atoms with E-state index in [1.807, 2.05) is 24.8 Å². The van der Waals surface area contributed by atoms with Crippen LogP contribution in [-0.2, 0) is 10.2 Å². The lowest BCUT2D eigenvalue weighted by atomic mass is 9.81. The fraction of sp³-hybridized carbons (Fsp3) is 0.333. The Hall–Kier alpha value is -2.51. The lowest BCUT2D eigenvalue weighted by Gasteiger charge is -2.38. The molecule has 4 N–H and O–H groups in total. The van der Waals surface area contributed by atoms with Gasteiger partial charge in [0.1, 0.15) is 0 Å². The number of rotatable bonds is 5. The highest BCUT2D eigenvalue weighted by Crippen LogP contribution is 2.48. The van der Waals surface area contributed by atoms with Gasteiger partial charge in [-0.05, 0) is 48.2 Å². The van der Waals surface area contributed by atoms with Crippen molar-refractivity contribution in [1.82, 2.24) is 9.97 Å². The third-order valence-electron chi connectivity index (χ3n) is 5.22. The number of allylic oxidation sites excluding steroid dienone is 2. The second kappa shape index (κ2) is 7.48. The molecule has 2 aliphatic heterocycles. The van der Waals surface area contributed by atoms with Gasteiger partial charge in [-0.2, -0.15) is 0 Å². The van der Waals surface area contributed by atoms with Crippen LogP contribution in [0.4, 0.5) is 11.6 Å². The molecule has 1 aromatic heterocycles. The first-order chi connectivity index (χ1) is 13.6.